The molecule has 2 N–H and O–H groups in total. The van der Waals surface area contributed by atoms with Crippen molar-refractivity contribution < 1.29 is 27.7 Å². The van der Waals surface area contributed by atoms with Crippen LogP contribution in [0.25, 0.3) is 0 Å². The maximum absolute atomic E-state index is 12.8. The topological polar surface area (TPSA) is 148 Å². The van der Waals surface area contributed by atoms with Crippen molar-refractivity contribution in [2.24, 2.45) is 0 Å². The molecule has 2 rings (SSSR count). The number of carbonyl (C=O) groups excluding carboxylic acids is 2. The van der Waals surface area contributed by atoms with Gasteiger partial charge in [0.15, 0.2) is 0 Å². The molecule has 0 spiro atoms. The molecule has 0 fully saturated rings. The highest BCUT2D eigenvalue weighted by atomic mass is 32.2. The van der Waals surface area contributed by atoms with Crippen molar-refractivity contribution in [3.8, 4) is 5.75 Å². The first-order valence-electron chi connectivity index (χ1n) is 10.1. The summed E-state index contributed by atoms with van der Waals surface area (Å²) in [6.45, 7) is 4.08. The van der Waals surface area contributed by atoms with Gasteiger partial charge in [-0.15, -0.1) is 0 Å². The van der Waals surface area contributed by atoms with Gasteiger partial charge < -0.3 is 15.4 Å². The molecule has 0 aliphatic heterocycles. The highest BCUT2D eigenvalue weighted by Gasteiger charge is 2.23. The van der Waals surface area contributed by atoms with Crippen molar-refractivity contribution in [1.29, 1.82) is 0 Å². The monoisotopic (exact) mass is 478 g/mol. The number of carbonyl (C=O) groups is 2. The summed E-state index contributed by atoms with van der Waals surface area (Å²) in [5, 5.41) is 15.8. The first-order valence-corrected chi connectivity index (χ1v) is 11.6. The Morgan fingerprint density at radius 2 is 1.73 bits per heavy atom. The zero-order chi connectivity index (χ0) is 24.6. The lowest BCUT2D eigenvalue weighted by Gasteiger charge is -2.19. The number of nitro benzene ring substituents is 1. The second-order valence-corrected chi connectivity index (χ2v) is 8.75. The largest absolute Gasteiger partial charge is 0.495 e. The quantitative estimate of drug-likeness (QED) is 0.372. The summed E-state index contributed by atoms with van der Waals surface area (Å²) >= 11 is 0. The summed E-state index contributed by atoms with van der Waals surface area (Å²) in [6.07, 6.45) is -0.0884. The number of amides is 2. The SMILES string of the molecule is CCN(CC)S(=O)(=O)c1ccc(OC)c(NC(=O)CCNC(=O)c2ccc([N+](=O)[O-])cc2)c1. The number of hydrogen-bond acceptors (Lipinski definition) is 7. The number of nitrogens with zero attached hydrogens (tertiary/aromatic N) is 2. The van der Waals surface area contributed by atoms with E-state index in [1.807, 2.05) is 0 Å². The number of sulfonamides is 1. The predicted octanol–water partition coefficient (Wildman–Crippen LogP) is 2.39. The summed E-state index contributed by atoms with van der Waals surface area (Å²) < 4.78 is 32.0. The predicted molar refractivity (Wildman–Crippen MR) is 122 cm³/mol. The Bertz CT molecular complexity index is 1110. The number of ether oxygens (including phenoxy) is 1. The summed E-state index contributed by atoms with van der Waals surface area (Å²) in [4.78, 5) is 34.6. The summed E-state index contributed by atoms with van der Waals surface area (Å²) in [5.74, 6) is -0.658. The second-order valence-electron chi connectivity index (χ2n) is 6.81. The summed E-state index contributed by atoms with van der Waals surface area (Å²) in [6, 6.07) is 9.27. The van der Waals surface area contributed by atoms with Gasteiger partial charge in [0, 0.05) is 43.8 Å². The lowest BCUT2D eigenvalue weighted by atomic mass is 10.2. The molecule has 178 valence electrons. The fourth-order valence-electron chi connectivity index (χ4n) is 3.00. The van der Waals surface area contributed by atoms with E-state index in [9.17, 15) is 28.1 Å². The number of non-ortho nitro benzene ring substituents is 1. The third-order valence-electron chi connectivity index (χ3n) is 4.77. The molecule has 0 saturated carbocycles. The molecule has 11 nitrogen and oxygen atoms in total. The molecule has 12 heteroatoms. The minimum absolute atomic E-state index is 0.00140. The van der Waals surface area contributed by atoms with E-state index in [1.54, 1.807) is 13.8 Å². The minimum atomic E-state index is -3.72. The van der Waals surface area contributed by atoms with Crippen LogP contribution in [0.15, 0.2) is 47.4 Å². The van der Waals surface area contributed by atoms with E-state index < -0.39 is 26.8 Å². The van der Waals surface area contributed by atoms with E-state index in [4.69, 9.17) is 4.74 Å². The normalized spacial score (nSPS) is 11.2. The van der Waals surface area contributed by atoms with Crippen molar-refractivity contribution in [1.82, 2.24) is 9.62 Å². The molecule has 2 amide bonds. The minimum Gasteiger partial charge on any atom is -0.495 e. The Labute approximate surface area is 191 Å². The van der Waals surface area contributed by atoms with Crippen molar-refractivity contribution in [2.45, 2.75) is 25.2 Å². The Kier molecular flexibility index (Phi) is 8.88. The van der Waals surface area contributed by atoms with E-state index in [1.165, 1.54) is 53.9 Å². The van der Waals surface area contributed by atoms with Crippen molar-refractivity contribution in [2.75, 3.05) is 32.1 Å². The van der Waals surface area contributed by atoms with Crippen LogP contribution in [0.5, 0.6) is 5.75 Å². The van der Waals surface area contributed by atoms with Crippen LogP contribution in [0.3, 0.4) is 0 Å². The first kappa shape index (κ1) is 25.7. The number of rotatable bonds is 11. The van der Waals surface area contributed by atoms with Gasteiger partial charge in [-0.1, -0.05) is 13.8 Å². The molecular formula is C21H26N4O7S. The van der Waals surface area contributed by atoms with Gasteiger partial charge in [-0.05, 0) is 30.3 Å². The number of methoxy groups -OCH3 is 1. The Hall–Kier alpha value is -3.51. The molecule has 2 aromatic carbocycles. The van der Waals surface area contributed by atoms with Gasteiger partial charge in [0.05, 0.1) is 22.6 Å². The molecule has 0 aromatic heterocycles. The van der Waals surface area contributed by atoms with Gasteiger partial charge in [0.2, 0.25) is 15.9 Å². The Morgan fingerprint density at radius 3 is 2.27 bits per heavy atom. The van der Waals surface area contributed by atoms with E-state index in [0.717, 1.165) is 0 Å². The van der Waals surface area contributed by atoms with Gasteiger partial charge in [-0.25, -0.2) is 8.42 Å². The van der Waals surface area contributed by atoms with Crippen LogP contribution < -0.4 is 15.4 Å². The van der Waals surface area contributed by atoms with Crippen LogP contribution in [0.1, 0.15) is 30.6 Å². The molecular weight excluding hydrogens is 452 g/mol. The first-order chi connectivity index (χ1) is 15.6. The zero-order valence-electron chi connectivity index (χ0n) is 18.5. The van der Waals surface area contributed by atoms with Gasteiger partial charge in [0.25, 0.3) is 11.6 Å². The molecule has 0 heterocycles. The molecule has 0 bridgehead atoms. The zero-order valence-corrected chi connectivity index (χ0v) is 19.3. The Balaban J connectivity index is 2.03. The van der Waals surface area contributed by atoms with E-state index in [-0.39, 0.29) is 40.5 Å². The van der Waals surface area contributed by atoms with Gasteiger partial charge in [0.1, 0.15) is 5.75 Å². The van der Waals surface area contributed by atoms with E-state index in [0.29, 0.717) is 13.1 Å². The van der Waals surface area contributed by atoms with Crippen LogP contribution in [0.4, 0.5) is 11.4 Å². The highest BCUT2D eigenvalue weighted by Crippen LogP contribution is 2.29. The number of nitro groups is 1. The second kappa shape index (κ2) is 11.4. The van der Waals surface area contributed by atoms with Crippen LogP contribution >= 0.6 is 0 Å². The van der Waals surface area contributed by atoms with Crippen LogP contribution in [-0.2, 0) is 14.8 Å². The number of benzene rings is 2. The maximum atomic E-state index is 12.8. The average Bonchev–Trinajstić information content (AvgIpc) is 2.79. The molecule has 2 aromatic rings. The lowest BCUT2D eigenvalue weighted by molar-refractivity contribution is -0.384. The Morgan fingerprint density at radius 1 is 1.09 bits per heavy atom. The van der Waals surface area contributed by atoms with E-state index >= 15 is 0 Å². The fourth-order valence-corrected chi connectivity index (χ4v) is 4.48. The summed E-state index contributed by atoms with van der Waals surface area (Å²) in [7, 11) is -2.33. The molecule has 0 aliphatic carbocycles. The van der Waals surface area contributed by atoms with Crippen molar-refractivity contribution in [3.05, 3.63) is 58.1 Å². The number of hydrogen-bond donors (Lipinski definition) is 2. The van der Waals surface area contributed by atoms with Gasteiger partial charge >= 0.3 is 0 Å². The van der Waals surface area contributed by atoms with Gasteiger partial charge in [-0.3, -0.25) is 19.7 Å². The number of nitrogens with one attached hydrogen (secondary N) is 2. The highest BCUT2D eigenvalue weighted by molar-refractivity contribution is 7.89. The molecule has 33 heavy (non-hydrogen) atoms. The van der Waals surface area contributed by atoms with Crippen LogP contribution in [0, 0.1) is 10.1 Å². The van der Waals surface area contributed by atoms with Crippen LogP contribution in [0.2, 0.25) is 0 Å². The fraction of sp³-hybridized carbons (Fsp3) is 0.333. The third kappa shape index (κ3) is 6.49. The van der Waals surface area contributed by atoms with Crippen LogP contribution in [-0.4, -0.2) is 56.2 Å². The summed E-state index contributed by atoms with van der Waals surface area (Å²) in [5.41, 5.74) is 0.277. The van der Waals surface area contributed by atoms with Gasteiger partial charge in [-0.2, -0.15) is 4.31 Å². The smallest absolute Gasteiger partial charge is 0.269 e. The molecule has 0 aliphatic rings. The average molecular weight is 479 g/mol. The number of anilines is 1. The standard InChI is InChI=1S/C21H26N4O7S/c1-4-24(5-2)33(30,31)17-10-11-19(32-3)18(14-17)23-20(26)12-13-22-21(27)15-6-8-16(9-7-15)25(28)29/h6-11,14H,4-5,12-13H2,1-3H3,(H,22,27)(H,23,26). The van der Waals surface area contributed by atoms with Crippen molar-refractivity contribution in [3.63, 3.8) is 0 Å². The molecule has 0 radical (unpaired) electrons. The molecule has 0 atom stereocenters. The van der Waals surface area contributed by atoms with E-state index in [2.05, 4.69) is 10.6 Å². The molecule has 0 unspecified atom stereocenters. The molecule has 0 saturated heterocycles. The lowest BCUT2D eigenvalue weighted by Crippen LogP contribution is -2.30. The third-order valence-corrected chi connectivity index (χ3v) is 6.81. The van der Waals surface area contributed by atoms with Crippen molar-refractivity contribution >= 4 is 33.2 Å². The maximum Gasteiger partial charge on any atom is 0.269 e.